The summed E-state index contributed by atoms with van der Waals surface area (Å²) in [6.45, 7) is 8.94. The molecule has 0 bridgehead atoms. The van der Waals surface area contributed by atoms with Crippen molar-refractivity contribution in [3.63, 3.8) is 0 Å². The van der Waals surface area contributed by atoms with E-state index in [1.807, 2.05) is 36.4 Å². The molecule has 0 heterocycles. The monoisotopic (exact) mass is 515 g/mol. The van der Waals surface area contributed by atoms with Crippen molar-refractivity contribution in [3.05, 3.63) is 132 Å². The second-order valence-corrected chi connectivity index (χ2v) is 9.70. The number of aliphatic hydroxyl groups is 1. The van der Waals surface area contributed by atoms with Crippen LogP contribution in [0.5, 0.6) is 11.5 Å². The van der Waals surface area contributed by atoms with E-state index in [1.54, 1.807) is 63.2 Å². The molecular weight excluding hydrogens is 486 g/mol. The number of hydrogen-bond donors (Lipinski definition) is 2. The van der Waals surface area contributed by atoms with Gasteiger partial charge in [0.05, 0.1) is 10.6 Å². The lowest BCUT2D eigenvalue weighted by molar-refractivity contribution is 0.417. The number of ether oxygens (including phenoxy) is 1. The van der Waals surface area contributed by atoms with E-state index < -0.39 is 10.0 Å². The van der Waals surface area contributed by atoms with Gasteiger partial charge in [-0.25, -0.2) is 8.42 Å². The van der Waals surface area contributed by atoms with E-state index in [9.17, 15) is 13.5 Å². The normalized spacial score (nSPS) is 12.6. The lowest BCUT2D eigenvalue weighted by atomic mass is 10.0. The Morgan fingerprint density at radius 1 is 0.946 bits per heavy atom. The molecule has 0 atom stereocenters. The molecule has 3 aromatic carbocycles. The van der Waals surface area contributed by atoms with Crippen molar-refractivity contribution in [2.75, 3.05) is 0 Å². The van der Waals surface area contributed by atoms with Crippen molar-refractivity contribution < 1.29 is 18.3 Å². The molecule has 0 aliphatic carbocycles. The van der Waals surface area contributed by atoms with Crippen LogP contribution in [-0.2, 0) is 10.0 Å². The van der Waals surface area contributed by atoms with Crippen molar-refractivity contribution in [2.45, 2.75) is 25.7 Å². The molecule has 0 aliphatic rings. The summed E-state index contributed by atoms with van der Waals surface area (Å²) in [5.74, 6) is 0.847. The van der Waals surface area contributed by atoms with Gasteiger partial charge >= 0.3 is 0 Å². The minimum absolute atomic E-state index is 0.0592. The van der Waals surface area contributed by atoms with Crippen LogP contribution in [0.25, 0.3) is 0 Å². The van der Waals surface area contributed by atoms with Crippen LogP contribution < -0.4 is 9.46 Å². The van der Waals surface area contributed by atoms with E-state index >= 15 is 0 Å². The molecule has 3 aromatic rings. The Bertz CT molecular complexity index is 1470. The second-order valence-electron chi connectivity index (χ2n) is 8.02. The highest BCUT2D eigenvalue weighted by molar-refractivity contribution is 7.89. The van der Waals surface area contributed by atoms with Crippen LogP contribution in [0, 0.1) is 0 Å². The summed E-state index contributed by atoms with van der Waals surface area (Å²) in [5.41, 5.74) is 1.62. The molecule has 0 aliphatic heterocycles. The summed E-state index contributed by atoms with van der Waals surface area (Å²) in [7, 11) is -3.89. The lowest BCUT2D eigenvalue weighted by Gasteiger charge is -2.17. The maximum Gasteiger partial charge on any atom is 0.261 e. The number of para-hydroxylation sites is 2. The van der Waals surface area contributed by atoms with Crippen LogP contribution in [0.3, 0.4) is 0 Å². The third-order valence-corrected chi connectivity index (χ3v) is 6.51. The smallest absolute Gasteiger partial charge is 0.261 e. The Morgan fingerprint density at radius 3 is 2.14 bits per heavy atom. The molecule has 0 unspecified atom stereocenters. The summed E-state index contributed by atoms with van der Waals surface area (Å²) >= 11 is 0. The quantitative estimate of drug-likeness (QED) is 0.164. The summed E-state index contributed by atoms with van der Waals surface area (Å²) < 4.78 is 34.4. The molecule has 0 amide bonds. The molecule has 0 fully saturated rings. The Morgan fingerprint density at radius 2 is 1.54 bits per heavy atom. The van der Waals surface area contributed by atoms with Crippen molar-refractivity contribution in [1.29, 1.82) is 0 Å². The molecule has 0 saturated heterocycles. The zero-order chi connectivity index (χ0) is 26.8. The van der Waals surface area contributed by atoms with Crippen molar-refractivity contribution in [3.8, 4) is 11.5 Å². The van der Waals surface area contributed by atoms with Crippen LogP contribution in [0.15, 0.2) is 147 Å². The molecule has 8 heteroatoms. The lowest BCUT2D eigenvalue weighted by Crippen LogP contribution is -2.25. The molecule has 190 valence electrons. The average molecular weight is 516 g/mol. The topological polar surface area (TPSA) is 100 Å². The van der Waals surface area contributed by atoms with Gasteiger partial charge in [-0.05, 0) is 63.2 Å². The predicted octanol–water partition coefficient (Wildman–Crippen LogP) is 7.74. The Labute approximate surface area is 217 Å². The van der Waals surface area contributed by atoms with E-state index in [2.05, 4.69) is 21.5 Å². The van der Waals surface area contributed by atoms with Crippen LogP contribution in [-0.4, -0.2) is 13.5 Å². The largest absolute Gasteiger partial charge is 0.505 e. The standard InChI is InChI=1S/C29H29N3O4S/c1-5-24(32-37(34,35)23-17-11-8-12-18-23)28(21(3)4)29(33)25(6-2)30-31-26-19-13-14-20-27(26)36-22-15-9-7-10-16-22/h5-20,32-33H,2H2,1,3-4H3/b24-5+,29-25-,31-30+. The number of azo groups is 1. The Balaban J connectivity index is 1.96. The zero-order valence-electron chi connectivity index (χ0n) is 20.9. The highest BCUT2D eigenvalue weighted by Gasteiger charge is 2.21. The van der Waals surface area contributed by atoms with E-state index in [4.69, 9.17) is 4.74 Å². The van der Waals surface area contributed by atoms with Crippen molar-refractivity contribution in [1.82, 2.24) is 4.72 Å². The van der Waals surface area contributed by atoms with Gasteiger partial charge < -0.3 is 9.84 Å². The number of rotatable bonds is 10. The van der Waals surface area contributed by atoms with E-state index in [1.165, 1.54) is 18.2 Å². The SMILES string of the molecule is C=CC(/N=N/c1ccccc1Oc1ccccc1)=C(/O)C(=C(C)C)/C(=C\C)NS(=O)(=O)c1ccccc1. The number of benzene rings is 3. The van der Waals surface area contributed by atoms with Crippen molar-refractivity contribution in [2.24, 2.45) is 10.2 Å². The summed E-state index contributed by atoms with van der Waals surface area (Å²) in [6, 6.07) is 24.4. The fourth-order valence-electron chi connectivity index (χ4n) is 3.35. The fourth-order valence-corrected chi connectivity index (χ4v) is 4.50. The molecule has 0 spiro atoms. The summed E-state index contributed by atoms with van der Waals surface area (Å²) in [4.78, 5) is 0.101. The first kappa shape index (κ1) is 27.2. The maximum absolute atomic E-state index is 12.9. The molecule has 0 saturated carbocycles. The molecule has 37 heavy (non-hydrogen) atoms. The van der Waals surface area contributed by atoms with Crippen LogP contribution in [0.1, 0.15) is 20.8 Å². The molecule has 3 rings (SSSR count). The van der Waals surface area contributed by atoms with Gasteiger partial charge in [0.1, 0.15) is 17.1 Å². The van der Waals surface area contributed by atoms with Gasteiger partial charge in [-0.2, -0.15) is 0 Å². The third-order valence-electron chi connectivity index (χ3n) is 5.13. The van der Waals surface area contributed by atoms with E-state index in [0.29, 0.717) is 22.8 Å². The van der Waals surface area contributed by atoms with Gasteiger partial charge in [0, 0.05) is 5.57 Å². The Hall–Kier alpha value is -4.43. The fraction of sp³-hybridized carbons (Fsp3) is 0.103. The predicted molar refractivity (Wildman–Crippen MR) is 146 cm³/mol. The molecule has 7 nitrogen and oxygen atoms in total. The zero-order valence-corrected chi connectivity index (χ0v) is 21.7. The molecule has 0 aromatic heterocycles. The summed E-state index contributed by atoms with van der Waals surface area (Å²) in [5, 5.41) is 19.7. The van der Waals surface area contributed by atoms with Crippen LogP contribution in [0.2, 0.25) is 0 Å². The summed E-state index contributed by atoms with van der Waals surface area (Å²) in [6.07, 6.45) is 2.92. The third kappa shape index (κ3) is 7.05. The molecular formula is C29H29N3O4S. The highest BCUT2D eigenvalue weighted by atomic mass is 32.2. The number of nitrogens with one attached hydrogen (secondary N) is 1. The maximum atomic E-state index is 12.9. The van der Waals surface area contributed by atoms with Gasteiger partial charge in [0.2, 0.25) is 0 Å². The Kier molecular flexibility index (Phi) is 9.18. The van der Waals surface area contributed by atoms with Gasteiger partial charge in [-0.15, -0.1) is 10.2 Å². The van der Waals surface area contributed by atoms with Gasteiger partial charge in [0.25, 0.3) is 10.0 Å². The number of allylic oxidation sites excluding steroid dienone is 3. The number of sulfonamides is 1. The number of nitrogens with zero attached hydrogens (tertiary/aromatic N) is 2. The van der Waals surface area contributed by atoms with E-state index in [-0.39, 0.29) is 27.6 Å². The van der Waals surface area contributed by atoms with Gasteiger partial charge in [-0.1, -0.05) is 66.8 Å². The van der Waals surface area contributed by atoms with Gasteiger partial charge in [0.15, 0.2) is 11.5 Å². The molecule has 2 N–H and O–H groups in total. The van der Waals surface area contributed by atoms with Crippen molar-refractivity contribution >= 4 is 15.7 Å². The average Bonchev–Trinajstić information content (AvgIpc) is 2.90. The first-order chi connectivity index (χ1) is 17.8. The minimum atomic E-state index is -3.89. The first-order valence-corrected chi connectivity index (χ1v) is 13.0. The van der Waals surface area contributed by atoms with Crippen LogP contribution >= 0.6 is 0 Å². The van der Waals surface area contributed by atoms with Gasteiger partial charge in [-0.3, -0.25) is 4.72 Å². The number of aliphatic hydroxyl groups excluding tert-OH is 1. The van der Waals surface area contributed by atoms with Crippen LogP contribution in [0.4, 0.5) is 5.69 Å². The molecule has 0 radical (unpaired) electrons. The first-order valence-electron chi connectivity index (χ1n) is 11.5. The second kappa shape index (κ2) is 12.5. The number of hydrogen-bond acceptors (Lipinski definition) is 6. The van der Waals surface area contributed by atoms with E-state index in [0.717, 1.165) is 0 Å². The minimum Gasteiger partial charge on any atom is -0.505 e. The highest BCUT2D eigenvalue weighted by Crippen LogP contribution is 2.33.